The third-order valence-corrected chi connectivity index (χ3v) is 4.31. The molecule has 22 heavy (non-hydrogen) atoms. The molecule has 2 atom stereocenters. The van der Waals surface area contributed by atoms with Crippen LogP contribution in [0, 0.1) is 5.82 Å². The zero-order chi connectivity index (χ0) is 15.9. The molecule has 2 unspecified atom stereocenters. The van der Waals surface area contributed by atoms with Gasteiger partial charge in [0.05, 0.1) is 12.1 Å². The first-order valence-electron chi connectivity index (χ1n) is 7.12. The summed E-state index contributed by atoms with van der Waals surface area (Å²) in [4.78, 5) is 13.0. The van der Waals surface area contributed by atoms with Crippen LogP contribution in [-0.4, -0.2) is 17.7 Å². The molecule has 0 spiro atoms. The predicted octanol–water partition coefficient (Wildman–Crippen LogP) is 3.37. The number of hydrogen-bond donors (Lipinski definition) is 3. The average Bonchev–Trinajstić information content (AvgIpc) is 3.05. The molecule has 0 bridgehead atoms. The van der Waals surface area contributed by atoms with Gasteiger partial charge in [-0.25, -0.2) is 9.18 Å². The summed E-state index contributed by atoms with van der Waals surface area (Å²) in [6, 6.07) is 9.44. The summed E-state index contributed by atoms with van der Waals surface area (Å²) in [5.41, 5.74) is 0.174. The highest BCUT2D eigenvalue weighted by Crippen LogP contribution is 2.21. The number of urea groups is 1. The Hall–Kier alpha value is -1.92. The van der Waals surface area contributed by atoms with Gasteiger partial charge < -0.3 is 15.7 Å². The van der Waals surface area contributed by atoms with Crippen LogP contribution in [0.2, 0.25) is 0 Å². The van der Waals surface area contributed by atoms with E-state index in [2.05, 4.69) is 10.6 Å². The Morgan fingerprint density at radius 1 is 1.32 bits per heavy atom. The van der Waals surface area contributed by atoms with Crippen molar-refractivity contribution in [1.82, 2.24) is 10.6 Å². The molecule has 4 nitrogen and oxygen atoms in total. The van der Waals surface area contributed by atoms with E-state index in [1.54, 1.807) is 23.5 Å². The number of aliphatic hydroxyl groups excluding tert-OH is 1. The molecule has 0 saturated carbocycles. The van der Waals surface area contributed by atoms with Gasteiger partial charge in [-0.1, -0.05) is 31.2 Å². The molecule has 2 rings (SSSR count). The average molecular weight is 322 g/mol. The van der Waals surface area contributed by atoms with Crippen molar-refractivity contribution in [3.8, 4) is 0 Å². The molecule has 0 aliphatic rings. The number of carbonyl (C=O) groups is 1. The van der Waals surface area contributed by atoms with Crippen LogP contribution in [0.4, 0.5) is 9.18 Å². The third-order valence-electron chi connectivity index (χ3n) is 3.32. The fourth-order valence-corrected chi connectivity index (χ4v) is 2.98. The van der Waals surface area contributed by atoms with Crippen LogP contribution in [0.25, 0.3) is 0 Å². The number of rotatable bonds is 6. The summed E-state index contributed by atoms with van der Waals surface area (Å²) in [7, 11) is 0. The van der Waals surface area contributed by atoms with Gasteiger partial charge in [0.1, 0.15) is 5.82 Å². The van der Waals surface area contributed by atoms with Crippen molar-refractivity contribution in [2.45, 2.75) is 25.5 Å². The zero-order valence-corrected chi connectivity index (χ0v) is 13.1. The molecule has 2 aromatic rings. The molecule has 1 aromatic heterocycles. The second-order valence-electron chi connectivity index (χ2n) is 4.87. The molecule has 0 saturated heterocycles. The fraction of sp³-hybridized carbons (Fsp3) is 0.312. The van der Waals surface area contributed by atoms with Crippen molar-refractivity contribution in [2.75, 3.05) is 6.54 Å². The Morgan fingerprint density at radius 3 is 2.73 bits per heavy atom. The Balaban J connectivity index is 1.86. The summed E-state index contributed by atoms with van der Waals surface area (Å²) in [6.07, 6.45) is -0.308. The van der Waals surface area contributed by atoms with Crippen molar-refractivity contribution >= 4 is 17.4 Å². The van der Waals surface area contributed by atoms with Crippen LogP contribution >= 0.6 is 11.3 Å². The van der Waals surface area contributed by atoms with E-state index in [4.69, 9.17) is 0 Å². The molecule has 0 fully saturated rings. The van der Waals surface area contributed by atoms with Crippen molar-refractivity contribution in [1.29, 1.82) is 0 Å². The lowest BCUT2D eigenvalue weighted by Crippen LogP contribution is -2.39. The molecule has 3 N–H and O–H groups in total. The second kappa shape index (κ2) is 7.91. The Bertz CT molecular complexity index is 604. The van der Waals surface area contributed by atoms with E-state index < -0.39 is 11.9 Å². The van der Waals surface area contributed by atoms with E-state index >= 15 is 0 Å². The molecule has 0 aliphatic heterocycles. The van der Waals surface area contributed by atoms with E-state index in [1.165, 1.54) is 12.1 Å². The van der Waals surface area contributed by atoms with E-state index in [0.29, 0.717) is 0 Å². The molecular weight excluding hydrogens is 303 g/mol. The standard InChI is InChI=1S/C16H19FN2O2S/c1-2-13(15-8-5-9-22-15)19-16(21)18-10-14(20)11-6-3-4-7-12(11)17/h3-9,13-14,20H,2,10H2,1H3,(H2,18,19,21). The highest BCUT2D eigenvalue weighted by atomic mass is 32.1. The molecule has 2 amide bonds. The summed E-state index contributed by atoms with van der Waals surface area (Å²) >= 11 is 1.58. The first kappa shape index (κ1) is 16.5. The SMILES string of the molecule is CCC(NC(=O)NCC(O)c1ccccc1F)c1cccs1. The Kier molecular flexibility index (Phi) is 5.91. The monoisotopic (exact) mass is 322 g/mol. The van der Waals surface area contributed by atoms with Crippen molar-refractivity contribution < 1.29 is 14.3 Å². The summed E-state index contributed by atoms with van der Waals surface area (Å²) in [5, 5.41) is 17.3. The van der Waals surface area contributed by atoms with Gasteiger partial charge in [-0.15, -0.1) is 11.3 Å². The molecule has 1 aromatic carbocycles. The first-order valence-corrected chi connectivity index (χ1v) is 8.00. The van der Waals surface area contributed by atoms with Crippen LogP contribution in [0.3, 0.4) is 0 Å². The van der Waals surface area contributed by atoms with Crippen LogP contribution in [-0.2, 0) is 0 Å². The normalized spacial score (nSPS) is 13.4. The van der Waals surface area contributed by atoms with Gasteiger partial charge in [-0.05, 0) is 23.9 Å². The lowest BCUT2D eigenvalue weighted by Gasteiger charge is -2.18. The minimum Gasteiger partial charge on any atom is -0.386 e. The number of aliphatic hydroxyl groups is 1. The molecule has 0 radical (unpaired) electrons. The number of carbonyl (C=O) groups excluding carboxylic acids is 1. The number of thiophene rings is 1. The van der Waals surface area contributed by atoms with Crippen LogP contribution < -0.4 is 10.6 Å². The minimum absolute atomic E-state index is 0.0480. The lowest BCUT2D eigenvalue weighted by atomic mass is 10.1. The summed E-state index contributed by atoms with van der Waals surface area (Å²) in [6.45, 7) is 1.94. The van der Waals surface area contributed by atoms with Crippen molar-refractivity contribution in [2.24, 2.45) is 0 Å². The lowest BCUT2D eigenvalue weighted by molar-refractivity contribution is 0.168. The van der Waals surface area contributed by atoms with Crippen molar-refractivity contribution in [3.63, 3.8) is 0 Å². The number of benzene rings is 1. The van der Waals surface area contributed by atoms with Gasteiger partial charge in [0.2, 0.25) is 0 Å². The highest BCUT2D eigenvalue weighted by molar-refractivity contribution is 7.10. The Labute approximate surface area is 133 Å². The number of hydrogen-bond acceptors (Lipinski definition) is 3. The maximum atomic E-state index is 13.5. The van der Waals surface area contributed by atoms with E-state index in [1.807, 2.05) is 24.4 Å². The number of nitrogens with one attached hydrogen (secondary N) is 2. The smallest absolute Gasteiger partial charge is 0.315 e. The zero-order valence-electron chi connectivity index (χ0n) is 12.3. The first-order chi connectivity index (χ1) is 10.6. The quantitative estimate of drug-likeness (QED) is 0.763. The largest absolute Gasteiger partial charge is 0.386 e. The fourth-order valence-electron chi connectivity index (χ4n) is 2.12. The maximum absolute atomic E-state index is 13.5. The van der Waals surface area contributed by atoms with Gasteiger partial charge >= 0.3 is 6.03 Å². The van der Waals surface area contributed by atoms with Crippen LogP contribution in [0.15, 0.2) is 41.8 Å². The summed E-state index contributed by atoms with van der Waals surface area (Å²) in [5.74, 6) is -0.484. The third kappa shape index (κ3) is 4.29. The molecule has 0 aliphatic carbocycles. The van der Waals surface area contributed by atoms with Gasteiger partial charge in [0.25, 0.3) is 0 Å². The topological polar surface area (TPSA) is 61.4 Å². The highest BCUT2D eigenvalue weighted by Gasteiger charge is 2.16. The van der Waals surface area contributed by atoms with Crippen LogP contribution in [0.1, 0.15) is 35.9 Å². The molecule has 118 valence electrons. The van der Waals surface area contributed by atoms with Gasteiger partial charge in [-0.3, -0.25) is 0 Å². The predicted molar refractivity (Wildman–Crippen MR) is 85.2 cm³/mol. The molecular formula is C16H19FN2O2S. The van der Waals surface area contributed by atoms with Gasteiger partial charge in [0.15, 0.2) is 0 Å². The minimum atomic E-state index is -1.08. The number of amides is 2. The van der Waals surface area contributed by atoms with E-state index in [0.717, 1.165) is 11.3 Å². The van der Waals surface area contributed by atoms with E-state index in [9.17, 15) is 14.3 Å². The van der Waals surface area contributed by atoms with Gasteiger partial charge in [-0.2, -0.15) is 0 Å². The Morgan fingerprint density at radius 2 is 2.09 bits per heavy atom. The molecule has 6 heteroatoms. The van der Waals surface area contributed by atoms with Crippen molar-refractivity contribution in [3.05, 3.63) is 58.0 Å². The summed E-state index contributed by atoms with van der Waals surface area (Å²) < 4.78 is 13.5. The second-order valence-corrected chi connectivity index (χ2v) is 5.85. The number of halogens is 1. The maximum Gasteiger partial charge on any atom is 0.315 e. The van der Waals surface area contributed by atoms with E-state index in [-0.39, 0.29) is 24.2 Å². The van der Waals surface area contributed by atoms with Gasteiger partial charge in [0, 0.05) is 17.0 Å². The molecule has 1 heterocycles. The van der Waals surface area contributed by atoms with Crippen LogP contribution in [0.5, 0.6) is 0 Å².